The Hall–Kier alpha value is -1.23. The first-order valence-electron chi connectivity index (χ1n) is 9.05. The zero-order valence-corrected chi connectivity index (χ0v) is 14.9. The number of piperidine rings is 1. The summed E-state index contributed by atoms with van der Waals surface area (Å²) in [6.45, 7) is 3.40. The minimum absolute atomic E-state index is 0.550. The number of aliphatic imine (C=N–C) groups is 1. The van der Waals surface area contributed by atoms with Crippen molar-refractivity contribution in [1.29, 1.82) is 0 Å². The van der Waals surface area contributed by atoms with Gasteiger partial charge in [0.05, 0.1) is 5.00 Å². The predicted octanol–water partition coefficient (Wildman–Crippen LogP) is 3.07. The van der Waals surface area contributed by atoms with Gasteiger partial charge in [-0.3, -0.25) is 4.99 Å². The lowest BCUT2D eigenvalue weighted by Crippen LogP contribution is -2.49. The van der Waals surface area contributed by atoms with Gasteiger partial charge in [-0.25, -0.2) is 0 Å². The van der Waals surface area contributed by atoms with Crippen LogP contribution in [0.25, 0.3) is 0 Å². The fraction of sp³-hybridized carbons (Fsp3) is 0.722. The third-order valence-corrected chi connectivity index (χ3v) is 6.75. The van der Waals surface area contributed by atoms with E-state index < -0.39 is 0 Å². The zero-order valence-electron chi connectivity index (χ0n) is 14.1. The molecule has 0 amide bonds. The van der Waals surface area contributed by atoms with Crippen LogP contribution in [-0.2, 0) is 0 Å². The van der Waals surface area contributed by atoms with Crippen LogP contribution < -0.4 is 15.5 Å². The lowest BCUT2D eigenvalue weighted by molar-refractivity contribution is 0.422. The molecule has 0 aromatic carbocycles. The molecular formula is C18H28N4S. The van der Waals surface area contributed by atoms with Gasteiger partial charge in [-0.1, -0.05) is 0 Å². The van der Waals surface area contributed by atoms with Crippen molar-refractivity contribution in [2.24, 2.45) is 16.3 Å². The second-order valence-electron chi connectivity index (χ2n) is 7.42. The van der Waals surface area contributed by atoms with Gasteiger partial charge in [0.2, 0.25) is 0 Å². The monoisotopic (exact) mass is 332 g/mol. The molecule has 0 spiro atoms. The predicted molar refractivity (Wildman–Crippen MR) is 98.4 cm³/mol. The summed E-state index contributed by atoms with van der Waals surface area (Å²) in [6, 6.07) is 4.92. The van der Waals surface area contributed by atoms with Gasteiger partial charge in [0.25, 0.3) is 0 Å². The molecule has 0 atom stereocenters. The van der Waals surface area contributed by atoms with Crippen LogP contribution in [0.5, 0.6) is 0 Å². The lowest BCUT2D eigenvalue weighted by atomic mass is 10.0. The summed E-state index contributed by atoms with van der Waals surface area (Å²) < 4.78 is 0. The number of thiophene rings is 1. The van der Waals surface area contributed by atoms with Gasteiger partial charge in [-0.05, 0) is 67.4 Å². The molecule has 0 unspecified atom stereocenters. The van der Waals surface area contributed by atoms with Crippen molar-refractivity contribution in [2.75, 3.05) is 31.6 Å². The first-order chi connectivity index (χ1) is 11.3. The van der Waals surface area contributed by atoms with Crippen LogP contribution in [0.15, 0.2) is 22.5 Å². The van der Waals surface area contributed by atoms with Crippen LogP contribution in [0.4, 0.5) is 5.00 Å². The topological polar surface area (TPSA) is 39.7 Å². The minimum Gasteiger partial charge on any atom is -0.363 e. The van der Waals surface area contributed by atoms with E-state index in [4.69, 9.17) is 0 Å². The number of rotatable bonds is 5. The Morgan fingerprint density at radius 2 is 2.09 bits per heavy atom. The average molecular weight is 333 g/mol. The maximum Gasteiger partial charge on any atom is 0.191 e. The summed E-state index contributed by atoms with van der Waals surface area (Å²) in [7, 11) is 1.90. The number of nitrogens with zero attached hydrogens (tertiary/aromatic N) is 2. The molecule has 2 heterocycles. The third-order valence-electron chi connectivity index (χ3n) is 5.82. The number of hydrogen-bond donors (Lipinski definition) is 2. The van der Waals surface area contributed by atoms with Crippen molar-refractivity contribution in [3.05, 3.63) is 17.5 Å². The molecule has 1 saturated heterocycles. The highest BCUT2D eigenvalue weighted by atomic mass is 32.1. The summed E-state index contributed by atoms with van der Waals surface area (Å²) in [6.07, 6.45) is 8.12. The third kappa shape index (κ3) is 3.49. The van der Waals surface area contributed by atoms with E-state index in [2.05, 4.69) is 38.0 Å². The van der Waals surface area contributed by atoms with E-state index in [0.717, 1.165) is 31.5 Å². The summed E-state index contributed by atoms with van der Waals surface area (Å²) in [5.74, 6) is 2.01. The highest BCUT2D eigenvalue weighted by Crippen LogP contribution is 2.60. The van der Waals surface area contributed by atoms with Gasteiger partial charge in [0.1, 0.15) is 0 Å². The van der Waals surface area contributed by atoms with Crippen LogP contribution in [0.1, 0.15) is 38.5 Å². The molecule has 4 rings (SSSR count). The normalized spacial score (nSPS) is 24.6. The zero-order chi connectivity index (χ0) is 15.7. The van der Waals surface area contributed by atoms with E-state index in [9.17, 15) is 0 Å². The Morgan fingerprint density at radius 3 is 2.65 bits per heavy atom. The second-order valence-corrected chi connectivity index (χ2v) is 8.35. The van der Waals surface area contributed by atoms with E-state index >= 15 is 0 Å². The van der Waals surface area contributed by atoms with E-state index in [0.29, 0.717) is 11.5 Å². The van der Waals surface area contributed by atoms with Gasteiger partial charge >= 0.3 is 0 Å². The van der Waals surface area contributed by atoms with E-state index in [1.54, 1.807) is 0 Å². The molecule has 3 aliphatic rings. The summed E-state index contributed by atoms with van der Waals surface area (Å²) in [4.78, 5) is 6.95. The van der Waals surface area contributed by atoms with Crippen LogP contribution in [-0.4, -0.2) is 38.7 Å². The Balaban J connectivity index is 1.23. The summed E-state index contributed by atoms with van der Waals surface area (Å²) in [5.41, 5.74) is 0.625. The smallest absolute Gasteiger partial charge is 0.191 e. The molecule has 3 fully saturated rings. The van der Waals surface area contributed by atoms with Crippen molar-refractivity contribution in [3.8, 4) is 0 Å². The van der Waals surface area contributed by atoms with Gasteiger partial charge < -0.3 is 15.5 Å². The molecule has 126 valence electrons. The number of guanidine groups is 1. The molecule has 0 bridgehead atoms. The van der Waals surface area contributed by atoms with Crippen molar-refractivity contribution in [3.63, 3.8) is 0 Å². The average Bonchev–Trinajstić information content (AvgIpc) is 3.50. The van der Waals surface area contributed by atoms with Crippen LogP contribution >= 0.6 is 11.3 Å². The number of nitrogens with one attached hydrogen (secondary N) is 2. The molecule has 2 N–H and O–H groups in total. The summed E-state index contributed by atoms with van der Waals surface area (Å²) >= 11 is 1.84. The summed E-state index contributed by atoms with van der Waals surface area (Å²) in [5, 5.41) is 10.8. The van der Waals surface area contributed by atoms with Crippen molar-refractivity contribution in [2.45, 2.75) is 44.6 Å². The highest BCUT2D eigenvalue weighted by Gasteiger charge is 2.53. The Labute approximate surface area is 143 Å². The molecule has 2 aliphatic carbocycles. The largest absolute Gasteiger partial charge is 0.363 e. The van der Waals surface area contributed by atoms with Gasteiger partial charge in [-0.2, -0.15) is 0 Å². The van der Waals surface area contributed by atoms with Crippen LogP contribution in [0, 0.1) is 11.3 Å². The molecule has 23 heavy (non-hydrogen) atoms. The maximum absolute atomic E-state index is 4.44. The SMILES string of the molecule is CN=C(NCC1(C2CC2)CC1)NC1CCN(c2cccs2)CC1. The quantitative estimate of drug-likeness (QED) is 0.643. The number of hydrogen-bond acceptors (Lipinski definition) is 3. The standard InChI is InChI=1S/C18H28N4S/c1-19-17(20-13-18(8-9-18)14-4-5-14)21-15-6-10-22(11-7-15)16-3-2-12-23-16/h2-3,12,14-15H,4-11,13H2,1H3,(H2,19,20,21). The van der Waals surface area contributed by atoms with Crippen molar-refractivity contribution >= 4 is 22.3 Å². The van der Waals surface area contributed by atoms with Crippen molar-refractivity contribution in [1.82, 2.24) is 10.6 Å². The van der Waals surface area contributed by atoms with E-state index in [1.807, 2.05) is 18.4 Å². The molecular weight excluding hydrogens is 304 g/mol. The maximum atomic E-state index is 4.44. The Morgan fingerprint density at radius 1 is 1.30 bits per heavy atom. The van der Waals surface area contributed by atoms with Gasteiger partial charge in [0.15, 0.2) is 5.96 Å². The molecule has 2 saturated carbocycles. The highest BCUT2D eigenvalue weighted by molar-refractivity contribution is 7.14. The Kier molecular flexibility index (Phi) is 4.22. The van der Waals surface area contributed by atoms with E-state index in [1.165, 1.54) is 43.5 Å². The van der Waals surface area contributed by atoms with Gasteiger partial charge in [0, 0.05) is 32.7 Å². The minimum atomic E-state index is 0.550. The fourth-order valence-corrected chi connectivity index (χ4v) is 4.71. The molecule has 0 radical (unpaired) electrons. The van der Waals surface area contributed by atoms with Crippen molar-refractivity contribution < 1.29 is 0 Å². The first kappa shape index (κ1) is 15.3. The first-order valence-corrected chi connectivity index (χ1v) is 9.93. The van der Waals surface area contributed by atoms with Crippen LogP contribution in [0.2, 0.25) is 0 Å². The molecule has 1 aliphatic heterocycles. The number of anilines is 1. The van der Waals surface area contributed by atoms with Crippen LogP contribution in [0.3, 0.4) is 0 Å². The molecule has 1 aromatic rings. The fourth-order valence-electron chi connectivity index (χ4n) is 3.93. The second kappa shape index (κ2) is 6.34. The van der Waals surface area contributed by atoms with E-state index in [-0.39, 0.29) is 0 Å². The Bertz CT molecular complexity index is 537. The van der Waals surface area contributed by atoms with Gasteiger partial charge in [-0.15, -0.1) is 11.3 Å². The molecule has 4 nitrogen and oxygen atoms in total. The lowest BCUT2D eigenvalue weighted by Gasteiger charge is -2.33. The molecule has 1 aromatic heterocycles. The molecule has 5 heteroatoms.